The second-order valence-corrected chi connectivity index (χ2v) is 7.21. The predicted molar refractivity (Wildman–Crippen MR) is 108 cm³/mol. The van der Waals surface area contributed by atoms with Gasteiger partial charge >= 0.3 is 0 Å². The average molecular weight is 378 g/mol. The highest BCUT2D eigenvalue weighted by Gasteiger charge is 2.28. The molecule has 0 fully saturated rings. The number of non-ortho nitro benzene ring substituents is 1. The molecule has 0 radical (unpaired) electrons. The minimum absolute atomic E-state index is 0.0323. The van der Waals surface area contributed by atoms with Gasteiger partial charge in [-0.1, -0.05) is 6.92 Å². The molecule has 1 aromatic heterocycles. The molecule has 3 aromatic rings. The van der Waals surface area contributed by atoms with Gasteiger partial charge in [-0.3, -0.25) is 14.9 Å². The van der Waals surface area contributed by atoms with Crippen molar-refractivity contribution in [3.63, 3.8) is 0 Å². The zero-order chi connectivity index (χ0) is 19.8. The minimum atomic E-state index is -0.476. The van der Waals surface area contributed by atoms with Crippen molar-refractivity contribution >= 4 is 22.4 Å². The van der Waals surface area contributed by atoms with E-state index in [1.54, 1.807) is 6.07 Å². The van der Waals surface area contributed by atoms with Crippen LogP contribution in [0.3, 0.4) is 0 Å². The maximum Gasteiger partial charge on any atom is 0.269 e. The van der Waals surface area contributed by atoms with Crippen molar-refractivity contribution in [3.8, 4) is 0 Å². The SMILES string of the molecule is CCNC1Cc2c([nH]c3ccc(C(=O)c4ccc([N+](=O)[O-])cc4)cc23)C(N)C1. The lowest BCUT2D eigenvalue weighted by atomic mass is 9.88. The lowest BCUT2D eigenvalue weighted by molar-refractivity contribution is -0.384. The summed E-state index contributed by atoms with van der Waals surface area (Å²) >= 11 is 0. The molecule has 0 aliphatic heterocycles. The Balaban J connectivity index is 1.70. The summed E-state index contributed by atoms with van der Waals surface area (Å²) in [6.45, 7) is 2.97. The van der Waals surface area contributed by atoms with Crippen molar-refractivity contribution in [1.29, 1.82) is 0 Å². The van der Waals surface area contributed by atoms with E-state index in [9.17, 15) is 14.9 Å². The first kappa shape index (κ1) is 18.3. The zero-order valence-corrected chi connectivity index (χ0v) is 15.6. The molecule has 7 heteroatoms. The molecule has 1 aliphatic carbocycles. The Morgan fingerprint density at radius 2 is 1.96 bits per heavy atom. The predicted octanol–water partition coefficient (Wildman–Crippen LogP) is 3.23. The van der Waals surface area contributed by atoms with Crippen LogP contribution in [0.1, 0.15) is 46.6 Å². The van der Waals surface area contributed by atoms with Crippen LogP contribution in [-0.2, 0) is 6.42 Å². The van der Waals surface area contributed by atoms with E-state index in [4.69, 9.17) is 5.73 Å². The second-order valence-electron chi connectivity index (χ2n) is 7.21. The number of hydrogen-bond donors (Lipinski definition) is 3. The van der Waals surface area contributed by atoms with E-state index >= 15 is 0 Å². The number of carbonyl (C=O) groups is 1. The first-order chi connectivity index (χ1) is 13.5. The van der Waals surface area contributed by atoms with Gasteiger partial charge in [0.25, 0.3) is 5.69 Å². The number of ketones is 1. The summed E-state index contributed by atoms with van der Waals surface area (Å²) < 4.78 is 0. The number of benzene rings is 2. The summed E-state index contributed by atoms with van der Waals surface area (Å²) in [5, 5.41) is 15.3. The first-order valence-electron chi connectivity index (χ1n) is 9.40. The van der Waals surface area contributed by atoms with Gasteiger partial charge in [0, 0.05) is 51.9 Å². The Hall–Kier alpha value is -3.03. The van der Waals surface area contributed by atoms with Crippen LogP contribution in [-0.4, -0.2) is 28.3 Å². The van der Waals surface area contributed by atoms with Gasteiger partial charge in [-0.15, -0.1) is 0 Å². The fourth-order valence-corrected chi connectivity index (χ4v) is 4.05. The van der Waals surface area contributed by atoms with Gasteiger partial charge in [-0.05, 0) is 55.3 Å². The number of hydrogen-bond acceptors (Lipinski definition) is 5. The van der Waals surface area contributed by atoms with Gasteiger partial charge in [0.05, 0.1) is 4.92 Å². The maximum absolute atomic E-state index is 12.9. The van der Waals surface area contributed by atoms with E-state index < -0.39 is 4.92 Å². The molecular weight excluding hydrogens is 356 g/mol. The molecular formula is C21H22N4O3. The number of nitrogens with two attached hydrogens (primary N) is 1. The molecule has 0 saturated carbocycles. The molecule has 0 amide bonds. The number of likely N-dealkylation sites (N-methyl/N-ethyl adjacent to an activating group) is 1. The van der Waals surface area contributed by atoms with Gasteiger partial charge in [-0.25, -0.2) is 0 Å². The Morgan fingerprint density at radius 1 is 1.25 bits per heavy atom. The topological polar surface area (TPSA) is 114 Å². The van der Waals surface area contributed by atoms with E-state index in [1.165, 1.54) is 24.3 Å². The number of nitrogens with zero attached hydrogens (tertiary/aromatic N) is 1. The van der Waals surface area contributed by atoms with Crippen LogP contribution in [0, 0.1) is 10.1 Å². The van der Waals surface area contributed by atoms with Crippen molar-refractivity contribution in [1.82, 2.24) is 10.3 Å². The normalized spacial score (nSPS) is 18.8. The Bertz CT molecular complexity index is 1060. The Kier molecular flexibility index (Phi) is 4.70. The standard InChI is InChI=1S/C21H22N4O3/c1-2-23-14-10-17-16-9-13(5-8-19(16)24-20(17)18(22)11-14)21(26)12-3-6-15(7-4-12)25(27)28/h3-9,14,18,23-24H,2,10-11,22H2,1H3. The summed E-state index contributed by atoms with van der Waals surface area (Å²) in [7, 11) is 0. The van der Waals surface area contributed by atoms with Crippen molar-refractivity contribution in [2.24, 2.45) is 5.73 Å². The molecule has 0 saturated heterocycles. The summed E-state index contributed by atoms with van der Waals surface area (Å²) in [6.07, 6.45) is 1.74. The summed E-state index contributed by atoms with van der Waals surface area (Å²) in [5.41, 5.74) is 10.5. The zero-order valence-electron chi connectivity index (χ0n) is 15.6. The number of nitrogens with one attached hydrogen (secondary N) is 2. The van der Waals surface area contributed by atoms with Gasteiger partial charge in [-0.2, -0.15) is 0 Å². The highest BCUT2D eigenvalue weighted by Crippen LogP contribution is 2.34. The largest absolute Gasteiger partial charge is 0.357 e. The van der Waals surface area contributed by atoms with Crippen LogP contribution in [0.5, 0.6) is 0 Å². The number of aromatic nitrogens is 1. The Labute approximate surface area is 162 Å². The maximum atomic E-state index is 12.9. The van der Waals surface area contributed by atoms with Crippen molar-refractivity contribution in [2.45, 2.75) is 31.8 Å². The molecule has 144 valence electrons. The summed E-state index contributed by atoms with van der Waals surface area (Å²) in [4.78, 5) is 26.6. The third kappa shape index (κ3) is 3.19. The smallest absolute Gasteiger partial charge is 0.269 e. The fraction of sp³-hybridized carbons (Fsp3) is 0.286. The lowest BCUT2D eigenvalue weighted by Gasteiger charge is -2.27. The van der Waals surface area contributed by atoms with Crippen LogP contribution < -0.4 is 11.1 Å². The first-order valence-corrected chi connectivity index (χ1v) is 9.40. The summed E-state index contributed by atoms with van der Waals surface area (Å²) in [6, 6.07) is 11.5. The van der Waals surface area contributed by atoms with E-state index in [-0.39, 0.29) is 17.5 Å². The number of rotatable bonds is 5. The van der Waals surface area contributed by atoms with Crippen LogP contribution in [0.25, 0.3) is 10.9 Å². The van der Waals surface area contributed by atoms with Crippen molar-refractivity contribution in [2.75, 3.05) is 6.54 Å². The number of carbonyl (C=O) groups excluding carboxylic acids is 1. The number of H-pyrrole nitrogens is 1. The molecule has 2 atom stereocenters. The number of nitro benzene ring substituents is 1. The molecule has 4 rings (SSSR count). The monoisotopic (exact) mass is 378 g/mol. The summed E-state index contributed by atoms with van der Waals surface area (Å²) in [5.74, 6) is -0.157. The molecule has 28 heavy (non-hydrogen) atoms. The van der Waals surface area contributed by atoms with Crippen LogP contribution in [0.2, 0.25) is 0 Å². The molecule has 4 N–H and O–H groups in total. The third-order valence-corrected chi connectivity index (χ3v) is 5.39. The second kappa shape index (κ2) is 7.18. The van der Waals surface area contributed by atoms with Gasteiger partial charge in [0.15, 0.2) is 5.78 Å². The van der Waals surface area contributed by atoms with Crippen LogP contribution in [0.4, 0.5) is 5.69 Å². The molecule has 7 nitrogen and oxygen atoms in total. The minimum Gasteiger partial charge on any atom is -0.357 e. The van der Waals surface area contributed by atoms with E-state index in [1.807, 2.05) is 12.1 Å². The van der Waals surface area contributed by atoms with Crippen LogP contribution >= 0.6 is 0 Å². The van der Waals surface area contributed by atoms with Gasteiger partial charge in [0.1, 0.15) is 0 Å². The molecule has 1 heterocycles. The molecule has 2 aromatic carbocycles. The average Bonchev–Trinajstić information content (AvgIpc) is 3.06. The molecule has 2 unspecified atom stereocenters. The van der Waals surface area contributed by atoms with Crippen molar-refractivity contribution < 1.29 is 9.72 Å². The number of fused-ring (bicyclic) bond motifs is 3. The molecule has 1 aliphatic rings. The highest BCUT2D eigenvalue weighted by atomic mass is 16.6. The molecule has 0 bridgehead atoms. The molecule has 0 spiro atoms. The van der Waals surface area contributed by atoms with Gasteiger partial charge in [0.2, 0.25) is 0 Å². The van der Waals surface area contributed by atoms with Crippen molar-refractivity contribution in [3.05, 3.63) is 75.0 Å². The van der Waals surface area contributed by atoms with E-state index in [0.29, 0.717) is 17.2 Å². The Morgan fingerprint density at radius 3 is 2.64 bits per heavy atom. The van der Waals surface area contributed by atoms with E-state index in [2.05, 4.69) is 17.2 Å². The number of nitro groups is 1. The quantitative estimate of drug-likeness (QED) is 0.358. The lowest BCUT2D eigenvalue weighted by Crippen LogP contribution is -2.37. The fourth-order valence-electron chi connectivity index (χ4n) is 4.05. The van der Waals surface area contributed by atoms with E-state index in [0.717, 1.165) is 41.5 Å². The highest BCUT2D eigenvalue weighted by molar-refractivity contribution is 6.10. The third-order valence-electron chi connectivity index (χ3n) is 5.39. The van der Waals surface area contributed by atoms with Crippen LogP contribution in [0.15, 0.2) is 42.5 Å². The van der Waals surface area contributed by atoms with Gasteiger partial charge < -0.3 is 16.0 Å². The number of aromatic amines is 1.